The molecule has 0 aliphatic carbocycles. The van der Waals surface area contributed by atoms with E-state index in [-0.39, 0.29) is 25.2 Å². The fourth-order valence-electron chi connectivity index (χ4n) is 5.40. The van der Waals surface area contributed by atoms with Crippen LogP contribution < -0.4 is 15.0 Å². The van der Waals surface area contributed by atoms with Gasteiger partial charge in [0.1, 0.15) is 12.4 Å². The molecule has 2 fully saturated rings. The molecule has 1 amide bonds. The number of likely N-dealkylation sites (N-methyl/N-ethyl adjacent to an activating group) is 1. The number of anilines is 1. The van der Waals surface area contributed by atoms with Crippen molar-refractivity contribution in [1.82, 2.24) is 25.1 Å². The Balaban J connectivity index is 1.32. The second-order valence-electron chi connectivity index (χ2n) is 10.2. The van der Waals surface area contributed by atoms with E-state index in [0.29, 0.717) is 71.8 Å². The predicted molar refractivity (Wildman–Crippen MR) is 143 cm³/mol. The molecule has 2 saturated heterocycles. The molecule has 1 aromatic rings. The van der Waals surface area contributed by atoms with Crippen LogP contribution in [0.3, 0.4) is 0 Å². The summed E-state index contributed by atoms with van der Waals surface area (Å²) >= 11 is 0. The monoisotopic (exact) mass is 563 g/mol. The average Bonchev–Trinajstić information content (AvgIpc) is 3.31. The first-order valence-corrected chi connectivity index (χ1v) is 13.9. The number of carbonyl (C=O) groups is 1. The molecule has 3 atom stereocenters. The Hall–Kier alpha value is -2.80. The molecule has 0 spiro atoms. The van der Waals surface area contributed by atoms with E-state index in [9.17, 15) is 15.2 Å². The number of rotatable bonds is 14. The Bertz CT molecular complexity index is 1010. The molecular formula is C26H41N7O7. The Morgan fingerprint density at radius 3 is 2.70 bits per heavy atom. The van der Waals surface area contributed by atoms with Crippen molar-refractivity contribution in [3.05, 3.63) is 11.3 Å². The van der Waals surface area contributed by atoms with Crippen LogP contribution in [0, 0.1) is 11.3 Å². The lowest BCUT2D eigenvalue weighted by atomic mass is 10.0. The van der Waals surface area contributed by atoms with Crippen LogP contribution in [0.2, 0.25) is 0 Å². The summed E-state index contributed by atoms with van der Waals surface area (Å²) in [5.41, 5.74) is 1.95. The summed E-state index contributed by atoms with van der Waals surface area (Å²) in [5, 5.41) is 30.9. The Labute approximate surface area is 234 Å². The molecule has 0 saturated carbocycles. The van der Waals surface area contributed by atoms with E-state index in [4.69, 9.17) is 34.0 Å². The SMILES string of the molecule is CN1C[C@H](OCCOCCOCCO)C[C@H]1COc1nc2c(c(N3CCN(C(=O)O)[C@@H](CC#N)C3)n1)CCNC2. The molecule has 3 N–H and O–H groups in total. The van der Waals surface area contributed by atoms with Crippen molar-refractivity contribution in [2.75, 3.05) is 90.9 Å². The molecule has 4 heterocycles. The third-order valence-electron chi connectivity index (χ3n) is 7.49. The largest absolute Gasteiger partial charge is 0.465 e. The lowest BCUT2D eigenvalue weighted by molar-refractivity contribution is -0.0113. The number of aromatic nitrogens is 2. The third kappa shape index (κ3) is 8.12. The summed E-state index contributed by atoms with van der Waals surface area (Å²) in [4.78, 5) is 26.8. The van der Waals surface area contributed by atoms with E-state index < -0.39 is 12.1 Å². The maximum atomic E-state index is 11.7. The molecule has 3 aliphatic rings. The maximum absolute atomic E-state index is 11.7. The molecule has 0 radical (unpaired) electrons. The molecule has 0 unspecified atom stereocenters. The van der Waals surface area contributed by atoms with Crippen molar-refractivity contribution in [2.24, 2.45) is 0 Å². The quantitative estimate of drug-likeness (QED) is 0.253. The van der Waals surface area contributed by atoms with Gasteiger partial charge < -0.3 is 44.3 Å². The summed E-state index contributed by atoms with van der Waals surface area (Å²) < 4.78 is 22.8. The first kappa shape index (κ1) is 30.2. The van der Waals surface area contributed by atoms with Crippen LogP contribution >= 0.6 is 0 Å². The van der Waals surface area contributed by atoms with Crippen molar-refractivity contribution in [3.8, 4) is 12.1 Å². The number of carboxylic acid groups (broad SMARTS) is 1. The highest BCUT2D eigenvalue weighted by molar-refractivity contribution is 5.66. The summed E-state index contributed by atoms with van der Waals surface area (Å²) in [6, 6.07) is 2.17. The highest BCUT2D eigenvalue weighted by Crippen LogP contribution is 2.29. The predicted octanol–water partition coefficient (Wildman–Crippen LogP) is -0.302. The van der Waals surface area contributed by atoms with Gasteiger partial charge in [-0.1, -0.05) is 0 Å². The molecule has 222 valence electrons. The van der Waals surface area contributed by atoms with Gasteiger partial charge in [0.15, 0.2) is 0 Å². The van der Waals surface area contributed by atoms with Gasteiger partial charge in [-0.05, 0) is 26.4 Å². The molecule has 1 aromatic heterocycles. The molecule has 14 heteroatoms. The molecule has 40 heavy (non-hydrogen) atoms. The van der Waals surface area contributed by atoms with Crippen LogP contribution in [0.4, 0.5) is 10.6 Å². The lowest BCUT2D eigenvalue weighted by Crippen LogP contribution is -2.55. The Morgan fingerprint density at radius 1 is 1.12 bits per heavy atom. The zero-order chi connectivity index (χ0) is 28.3. The minimum Gasteiger partial charge on any atom is -0.465 e. The number of aliphatic hydroxyl groups excluding tert-OH is 1. The number of amides is 1. The van der Waals surface area contributed by atoms with Gasteiger partial charge >= 0.3 is 12.1 Å². The van der Waals surface area contributed by atoms with Gasteiger partial charge in [0.2, 0.25) is 0 Å². The van der Waals surface area contributed by atoms with Crippen LogP contribution in [-0.2, 0) is 27.2 Å². The van der Waals surface area contributed by atoms with Gasteiger partial charge in [-0.15, -0.1) is 0 Å². The normalized spacial score (nSPS) is 23.2. The Morgan fingerprint density at radius 2 is 1.93 bits per heavy atom. The number of likely N-dealkylation sites (tertiary alicyclic amines) is 1. The van der Waals surface area contributed by atoms with E-state index in [1.165, 1.54) is 4.90 Å². The number of ether oxygens (including phenoxy) is 4. The van der Waals surface area contributed by atoms with Crippen molar-refractivity contribution in [3.63, 3.8) is 0 Å². The number of fused-ring (bicyclic) bond motifs is 1. The van der Waals surface area contributed by atoms with Crippen LogP contribution in [0.25, 0.3) is 0 Å². The number of hydrogen-bond acceptors (Lipinski definition) is 12. The topological polar surface area (TPSA) is 166 Å². The smallest absolute Gasteiger partial charge is 0.407 e. The highest BCUT2D eigenvalue weighted by atomic mass is 16.5. The van der Waals surface area contributed by atoms with Crippen molar-refractivity contribution >= 4 is 11.9 Å². The number of hydrogen-bond donors (Lipinski definition) is 3. The van der Waals surface area contributed by atoms with Gasteiger partial charge in [-0.2, -0.15) is 15.2 Å². The van der Waals surface area contributed by atoms with Crippen molar-refractivity contribution in [2.45, 2.75) is 44.0 Å². The van der Waals surface area contributed by atoms with Crippen LogP contribution in [0.5, 0.6) is 6.01 Å². The summed E-state index contributed by atoms with van der Waals surface area (Å²) in [5.74, 6) is 0.775. The van der Waals surface area contributed by atoms with Gasteiger partial charge in [0, 0.05) is 44.3 Å². The molecule has 4 rings (SSSR count). The van der Waals surface area contributed by atoms with Gasteiger partial charge in [-0.3, -0.25) is 4.90 Å². The number of nitrogens with zero attached hydrogens (tertiary/aromatic N) is 6. The number of nitrogens with one attached hydrogen (secondary N) is 1. The van der Waals surface area contributed by atoms with E-state index in [2.05, 4.69) is 21.2 Å². The number of nitriles is 1. The fourth-order valence-corrected chi connectivity index (χ4v) is 5.40. The lowest BCUT2D eigenvalue weighted by Gasteiger charge is -2.40. The molecule has 0 bridgehead atoms. The maximum Gasteiger partial charge on any atom is 0.407 e. The standard InChI is InChI=1S/C26H41N7O7/c1-31-17-21(39-13-12-38-11-10-37-9-8-34)14-20(31)18-40-25-29-23-15-28-5-3-22(23)24(30-25)32-6-7-33(26(35)36)19(16-32)2-4-27/h19-21,28,34H,2-3,5-18H2,1H3,(H,35,36)/t19-,20-,21+/m0/s1. The number of piperazine rings is 1. The summed E-state index contributed by atoms with van der Waals surface area (Å²) in [7, 11) is 2.05. The van der Waals surface area contributed by atoms with E-state index in [0.717, 1.165) is 43.0 Å². The second-order valence-corrected chi connectivity index (χ2v) is 10.2. The zero-order valence-corrected chi connectivity index (χ0v) is 23.2. The van der Waals surface area contributed by atoms with E-state index in [1.54, 1.807) is 0 Å². The minimum absolute atomic E-state index is 0.00974. The second kappa shape index (κ2) is 15.3. The van der Waals surface area contributed by atoms with Gasteiger partial charge in [-0.25, -0.2) is 4.79 Å². The summed E-state index contributed by atoms with van der Waals surface area (Å²) in [6.45, 7) is 6.09. The molecule has 0 aromatic carbocycles. The summed E-state index contributed by atoms with van der Waals surface area (Å²) in [6.07, 6.45) is 0.805. The van der Waals surface area contributed by atoms with Crippen molar-refractivity contribution < 1.29 is 34.0 Å². The third-order valence-corrected chi connectivity index (χ3v) is 7.49. The first-order valence-electron chi connectivity index (χ1n) is 13.9. The average molecular weight is 564 g/mol. The van der Waals surface area contributed by atoms with E-state index in [1.807, 2.05) is 7.05 Å². The number of aliphatic hydroxyl groups is 1. The van der Waals surface area contributed by atoms with E-state index >= 15 is 0 Å². The molecular weight excluding hydrogens is 522 g/mol. The Kier molecular flexibility index (Phi) is 11.5. The zero-order valence-electron chi connectivity index (χ0n) is 23.2. The fraction of sp³-hybridized carbons (Fsp3) is 0.769. The minimum atomic E-state index is -1.00. The highest BCUT2D eigenvalue weighted by Gasteiger charge is 2.34. The van der Waals surface area contributed by atoms with Crippen LogP contribution in [0.1, 0.15) is 24.1 Å². The van der Waals surface area contributed by atoms with Gasteiger partial charge in [0.25, 0.3) is 0 Å². The van der Waals surface area contributed by atoms with Crippen LogP contribution in [-0.4, -0.2) is 140 Å². The van der Waals surface area contributed by atoms with Crippen molar-refractivity contribution in [1.29, 1.82) is 5.26 Å². The first-order chi connectivity index (χ1) is 19.5. The van der Waals surface area contributed by atoms with Crippen LogP contribution in [0.15, 0.2) is 0 Å². The van der Waals surface area contributed by atoms with Gasteiger partial charge in [0.05, 0.1) is 70.0 Å². The molecule has 14 nitrogen and oxygen atoms in total. The molecule has 3 aliphatic heterocycles.